The topological polar surface area (TPSA) is 37.8 Å². The van der Waals surface area contributed by atoms with Gasteiger partial charge in [-0.05, 0) is 31.5 Å². The smallest absolute Gasteiger partial charge is 0.0944 e. The van der Waals surface area contributed by atoms with E-state index in [2.05, 4.69) is 42.1 Å². The molecular weight excluding hydrogens is 242 g/mol. The second-order valence-corrected chi connectivity index (χ2v) is 5.43. The second-order valence-electron chi connectivity index (χ2n) is 4.46. The van der Waals surface area contributed by atoms with Crippen molar-refractivity contribution in [2.24, 2.45) is 0 Å². The average molecular weight is 261 g/mol. The summed E-state index contributed by atoms with van der Waals surface area (Å²) in [5, 5.41) is 6.68. The van der Waals surface area contributed by atoms with Crippen molar-refractivity contribution in [2.75, 3.05) is 6.54 Å². The van der Waals surface area contributed by atoms with Crippen LogP contribution in [-0.2, 0) is 6.42 Å². The lowest BCUT2D eigenvalue weighted by atomic mass is 10.0. The van der Waals surface area contributed by atoms with Crippen LogP contribution in [-0.4, -0.2) is 16.5 Å². The molecule has 0 aromatic carbocycles. The molecule has 0 aliphatic carbocycles. The number of rotatable bonds is 5. The molecule has 1 N–H and O–H groups in total. The predicted molar refractivity (Wildman–Crippen MR) is 75.9 cm³/mol. The Morgan fingerprint density at radius 1 is 1.33 bits per heavy atom. The molecule has 0 amide bonds. The van der Waals surface area contributed by atoms with Crippen molar-refractivity contribution in [3.63, 3.8) is 0 Å². The molecule has 3 nitrogen and oxygen atoms in total. The van der Waals surface area contributed by atoms with Gasteiger partial charge in [0.25, 0.3) is 0 Å². The summed E-state index contributed by atoms with van der Waals surface area (Å²) in [5.74, 6) is 0. The zero-order chi connectivity index (χ0) is 13.0. The Bertz CT molecular complexity index is 494. The zero-order valence-corrected chi connectivity index (χ0v) is 11.9. The van der Waals surface area contributed by atoms with E-state index in [1.165, 1.54) is 11.1 Å². The van der Waals surface area contributed by atoms with Gasteiger partial charge in [0.2, 0.25) is 0 Å². The highest BCUT2D eigenvalue weighted by atomic mass is 32.1. The van der Waals surface area contributed by atoms with Gasteiger partial charge >= 0.3 is 0 Å². The molecule has 2 rings (SSSR count). The lowest BCUT2D eigenvalue weighted by molar-refractivity contribution is 0.532. The van der Waals surface area contributed by atoms with Crippen LogP contribution >= 0.6 is 11.3 Å². The van der Waals surface area contributed by atoms with Gasteiger partial charge < -0.3 is 5.32 Å². The van der Waals surface area contributed by atoms with Crippen LogP contribution in [0.2, 0.25) is 0 Å². The van der Waals surface area contributed by atoms with Crippen LogP contribution in [0.1, 0.15) is 34.8 Å². The summed E-state index contributed by atoms with van der Waals surface area (Å²) in [6.45, 7) is 7.26. The van der Waals surface area contributed by atoms with Gasteiger partial charge in [-0.1, -0.05) is 13.0 Å². The standard InChI is InChI=1S/C14H19N3S/c1-4-15-12(8-13-16-5-6-18-13)14-11(3)7-10(2)9-17-14/h5-7,9,12,15H,4,8H2,1-3H3. The molecule has 0 bridgehead atoms. The molecule has 2 aromatic rings. The number of nitrogens with zero attached hydrogens (tertiary/aromatic N) is 2. The molecule has 2 aromatic heterocycles. The molecule has 18 heavy (non-hydrogen) atoms. The first-order valence-electron chi connectivity index (χ1n) is 6.25. The lowest BCUT2D eigenvalue weighted by Crippen LogP contribution is -2.24. The maximum atomic E-state index is 4.59. The van der Waals surface area contributed by atoms with Gasteiger partial charge in [0.1, 0.15) is 0 Å². The van der Waals surface area contributed by atoms with Crippen molar-refractivity contribution in [3.05, 3.63) is 45.7 Å². The van der Waals surface area contributed by atoms with Crippen LogP contribution in [0.15, 0.2) is 23.8 Å². The van der Waals surface area contributed by atoms with Gasteiger partial charge in [-0.25, -0.2) is 4.98 Å². The number of aromatic nitrogens is 2. The molecule has 1 atom stereocenters. The summed E-state index contributed by atoms with van der Waals surface area (Å²) >= 11 is 1.70. The van der Waals surface area contributed by atoms with Crippen molar-refractivity contribution in [1.82, 2.24) is 15.3 Å². The van der Waals surface area contributed by atoms with Crippen molar-refractivity contribution in [2.45, 2.75) is 33.2 Å². The normalized spacial score (nSPS) is 12.6. The van der Waals surface area contributed by atoms with Crippen LogP contribution in [0.4, 0.5) is 0 Å². The summed E-state index contributed by atoms with van der Waals surface area (Å²) in [5.41, 5.74) is 3.59. The first-order valence-corrected chi connectivity index (χ1v) is 7.13. The molecule has 2 heterocycles. The minimum Gasteiger partial charge on any atom is -0.309 e. The van der Waals surface area contributed by atoms with Crippen molar-refractivity contribution in [1.29, 1.82) is 0 Å². The molecule has 1 unspecified atom stereocenters. The quantitative estimate of drug-likeness (QED) is 0.899. The second kappa shape index (κ2) is 6.07. The molecule has 0 spiro atoms. The highest BCUT2D eigenvalue weighted by Crippen LogP contribution is 2.21. The van der Waals surface area contributed by atoms with Crippen molar-refractivity contribution in [3.8, 4) is 0 Å². The first kappa shape index (κ1) is 13.2. The first-order chi connectivity index (χ1) is 8.70. The van der Waals surface area contributed by atoms with Crippen LogP contribution < -0.4 is 5.32 Å². The fraction of sp³-hybridized carbons (Fsp3) is 0.429. The van der Waals surface area contributed by atoms with E-state index in [-0.39, 0.29) is 6.04 Å². The molecule has 0 aliphatic rings. The van der Waals surface area contributed by atoms with Crippen molar-refractivity contribution < 1.29 is 0 Å². The van der Waals surface area contributed by atoms with Gasteiger partial charge in [-0.3, -0.25) is 4.98 Å². The Balaban J connectivity index is 2.23. The third kappa shape index (κ3) is 3.15. The Morgan fingerprint density at radius 3 is 2.78 bits per heavy atom. The van der Waals surface area contributed by atoms with E-state index >= 15 is 0 Å². The molecule has 96 valence electrons. The van der Waals surface area contributed by atoms with E-state index in [1.807, 2.05) is 17.8 Å². The molecule has 0 fully saturated rings. The summed E-state index contributed by atoms with van der Waals surface area (Å²) in [4.78, 5) is 8.95. The maximum Gasteiger partial charge on any atom is 0.0944 e. The van der Waals surface area contributed by atoms with Gasteiger partial charge in [0.05, 0.1) is 16.7 Å². The average Bonchev–Trinajstić information content (AvgIpc) is 2.81. The van der Waals surface area contributed by atoms with Gasteiger partial charge in [0.15, 0.2) is 0 Å². The maximum absolute atomic E-state index is 4.59. The predicted octanol–water partition coefficient (Wildman–Crippen LogP) is 3.05. The fourth-order valence-corrected chi connectivity index (χ4v) is 2.79. The number of likely N-dealkylation sites (N-methyl/N-ethyl adjacent to an activating group) is 1. The summed E-state index contributed by atoms with van der Waals surface area (Å²) in [6, 6.07) is 2.44. The summed E-state index contributed by atoms with van der Waals surface area (Å²) in [7, 11) is 0. The van der Waals surface area contributed by atoms with Crippen molar-refractivity contribution >= 4 is 11.3 Å². The Hall–Kier alpha value is -1.26. The van der Waals surface area contributed by atoms with E-state index in [4.69, 9.17) is 0 Å². The zero-order valence-electron chi connectivity index (χ0n) is 11.1. The van der Waals surface area contributed by atoms with E-state index in [0.717, 1.165) is 23.7 Å². The number of hydrogen-bond donors (Lipinski definition) is 1. The summed E-state index contributed by atoms with van der Waals surface area (Å²) < 4.78 is 0. The number of nitrogens with one attached hydrogen (secondary N) is 1. The Kier molecular flexibility index (Phi) is 4.44. The number of aryl methyl sites for hydroxylation is 2. The van der Waals surface area contributed by atoms with Crippen LogP contribution in [0.5, 0.6) is 0 Å². The van der Waals surface area contributed by atoms with E-state index in [1.54, 1.807) is 11.3 Å². The van der Waals surface area contributed by atoms with Gasteiger partial charge in [-0.15, -0.1) is 11.3 Å². The van der Waals surface area contributed by atoms with Crippen LogP contribution in [0.25, 0.3) is 0 Å². The van der Waals surface area contributed by atoms with Gasteiger partial charge in [0, 0.05) is 24.2 Å². The number of pyridine rings is 1. The van der Waals surface area contributed by atoms with Crippen LogP contribution in [0, 0.1) is 13.8 Å². The SMILES string of the molecule is CCNC(Cc1nccs1)c1ncc(C)cc1C. The van der Waals surface area contributed by atoms with E-state index in [0.29, 0.717) is 0 Å². The molecule has 4 heteroatoms. The minimum atomic E-state index is 0.252. The largest absolute Gasteiger partial charge is 0.309 e. The molecule has 0 radical (unpaired) electrons. The monoisotopic (exact) mass is 261 g/mol. The third-order valence-electron chi connectivity index (χ3n) is 2.90. The highest BCUT2D eigenvalue weighted by molar-refractivity contribution is 7.09. The van der Waals surface area contributed by atoms with Gasteiger partial charge in [-0.2, -0.15) is 0 Å². The third-order valence-corrected chi connectivity index (χ3v) is 3.70. The van der Waals surface area contributed by atoms with Crippen LogP contribution in [0.3, 0.4) is 0 Å². The number of thiazole rings is 1. The molecular formula is C14H19N3S. The fourth-order valence-electron chi connectivity index (χ4n) is 2.13. The van der Waals surface area contributed by atoms with E-state index in [9.17, 15) is 0 Å². The van der Waals surface area contributed by atoms with E-state index < -0.39 is 0 Å². The highest BCUT2D eigenvalue weighted by Gasteiger charge is 2.16. The number of hydrogen-bond acceptors (Lipinski definition) is 4. The summed E-state index contributed by atoms with van der Waals surface area (Å²) in [6.07, 6.45) is 4.70. The Labute approximate surface area is 112 Å². The molecule has 0 saturated heterocycles. The molecule has 0 aliphatic heterocycles. The molecule has 0 saturated carbocycles. The lowest BCUT2D eigenvalue weighted by Gasteiger charge is -2.18. The Morgan fingerprint density at radius 2 is 2.17 bits per heavy atom. The minimum absolute atomic E-state index is 0.252.